The number of unbranched alkanes of at least 4 members (excludes halogenated alkanes) is 4. The Morgan fingerprint density at radius 1 is 1.15 bits per heavy atom. The van der Waals surface area contributed by atoms with Crippen LogP contribution < -0.4 is 10.1 Å². The Kier molecular flexibility index (Phi) is 8.72. The number of halogens is 1. The summed E-state index contributed by atoms with van der Waals surface area (Å²) in [7, 11) is 1.71. The first-order valence-corrected chi connectivity index (χ1v) is 8.17. The lowest BCUT2D eigenvalue weighted by molar-refractivity contribution is 0.393. The molecule has 3 heteroatoms. The summed E-state index contributed by atoms with van der Waals surface area (Å²) in [5.74, 6) is 0.886. The van der Waals surface area contributed by atoms with E-state index in [1.165, 1.54) is 37.7 Å². The highest BCUT2D eigenvalue weighted by molar-refractivity contribution is 6.30. The second kappa shape index (κ2) is 10.1. The molecule has 0 aliphatic heterocycles. The van der Waals surface area contributed by atoms with Crippen LogP contribution in [0, 0.1) is 0 Å². The highest BCUT2D eigenvalue weighted by atomic mass is 35.5. The average molecular weight is 298 g/mol. The number of ether oxygens (including phenoxy) is 1. The van der Waals surface area contributed by atoms with Crippen molar-refractivity contribution in [2.45, 2.75) is 58.4 Å². The maximum Gasteiger partial charge on any atom is 0.125 e. The molecule has 2 nitrogen and oxygen atoms in total. The molecule has 0 saturated carbocycles. The highest BCUT2D eigenvalue weighted by Gasteiger charge is 2.15. The fourth-order valence-corrected chi connectivity index (χ4v) is 2.70. The van der Waals surface area contributed by atoms with E-state index in [0.29, 0.717) is 6.04 Å². The summed E-state index contributed by atoms with van der Waals surface area (Å²) in [6.45, 7) is 5.36. The van der Waals surface area contributed by atoms with Crippen molar-refractivity contribution >= 4 is 11.6 Å². The van der Waals surface area contributed by atoms with Crippen LogP contribution in [0.25, 0.3) is 0 Å². The Morgan fingerprint density at radius 2 is 1.90 bits per heavy atom. The molecule has 0 radical (unpaired) electrons. The van der Waals surface area contributed by atoms with Gasteiger partial charge in [-0.15, -0.1) is 0 Å². The summed E-state index contributed by atoms with van der Waals surface area (Å²) in [5, 5.41) is 4.29. The van der Waals surface area contributed by atoms with Crippen molar-refractivity contribution in [3.05, 3.63) is 28.8 Å². The van der Waals surface area contributed by atoms with Crippen LogP contribution in [0.3, 0.4) is 0 Å². The van der Waals surface area contributed by atoms with Gasteiger partial charge < -0.3 is 10.1 Å². The van der Waals surface area contributed by atoms with Crippen molar-refractivity contribution in [3.8, 4) is 5.75 Å². The van der Waals surface area contributed by atoms with Gasteiger partial charge in [0.15, 0.2) is 0 Å². The lowest BCUT2D eigenvalue weighted by Crippen LogP contribution is -2.21. The molecule has 0 amide bonds. The Morgan fingerprint density at radius 3 is 2.55 bits per heavy atom. The van der Waals surface area contributed by atoms with Gasteiger partial charge in [0.1, 0.15) is 5.75 Å². The van der Waals surface area contributed by atoms with Crippen LogP contribution in [0.5, 0.6) is 5.75 Å². The molecule has 0 bridgehead atoms. The quantitative estimate of drug-likeness (QED) is 0.587. The Balaban J connectivity index is 2.65. The molecule has 1 rings (SSSR count). The summed E-state index contributed by atoms with van der Waals surface area (Å²) in [6.07, 6.45) is 7.69. The zero-order valence-corrected chi connectivity index (χ0v) is 13.8. The molecule has 0 aliphatic carbocycles. The molecule has 0 aliphatic rings. The Hall–Kier alpha value is -0.730. The van der Waals surface area contributed by atoms with E-state index in [9.17, 15) is 0 Å². The third-order valence-corrected chi connectivity index (χ3v) is 3.85. The molecule has 0 heterocycles. The summed E-state index contributed by atoms with van der Waals surface area (Å²) in [4.78, 5) is 0. The minimum atomic E-state index is 0.355. The van der Waals surface area contributed by atoms with Gasteiger partial charge in [-0.05, 0) is 25.1 Å². The minimum Gasteiger partial charge on any atom is -0.496 e. The fraction of sp³-hybridized carbons (Fsp3) is 0.647. The number of benzene rings is 1. The van der Waals surface area contributed by atoms with E-state index in [4.69, 9.17) is 16.3 Å². The molecule has 0 saturated heterocycles. The molecule has 0 spiro atoms. The van der Waals surface area contributed by atoms with Gasteiger partial charge >= 0.3 is 0 Å². The maximum absolute atomic E-state index is 6.04. The molecule has 1 unspecified atom stereocenters. The topological polar surface area (TPSA) is 21.3 Å². The molecule has 1 aromatic rings. The van der Waals surface area contributed by atoms with Crippen LogP contribution in [0.2, 0.25) is 5.02 Å². The van der Waals surface area contributed by atoms with Crippen molar-refractivity contribution in [2.75, 3.05) is 13.7 Å². The first kappa shape index (κ1) is 17.3. The van der Waals surface area contributed by atoms with Gasteiger partial charge in [-0.25, -0.2) is 0 Å². The monoisotopic (exact) mass is 297 g/mol. The average Bonchev–Trinajstić information content (AvgIpc) is 2.46. The van der Waals surface area contributed by atoms with Gasteiger partial charge in [-0.2, -0.15) is 0 Å². The highest BCUT2D eigenvalue weighted by Crippen LogP contribution is 2.31. The smallest absolute Gasteiger partial charge is 0.125 e. The lowest BCUT2D eigenvalue weighted by atomic mass is 9.98. The van der Waals surface area contributed by atoms with Crippen LogP contribution in [0.1, 0.15) is 64.0 Å². The largest absolute Gasteiger partial charge is 0.496 e. The fourth-order valence-electron chi connectivity index (χ4n) is 2.54. The summed E-state index contributed by atoms with van der Waals surface area (Å²) >= 11 is 6.04. The van der Waals surface area contributed by atoms with E-state index < -0.39 is 0 Å². The molecule has 0 aromatic heterocycles. The van der Waals surface area contributed by atoms with Gasteiger partial charge in [0.25, 0.3) is 0 Å². The van der Waals surface area contributed by atoms with Crippen LogP contribution in [-0.4, -0.2) is 13.7 Å². The van der Waals surface area contributed by atoms with E-state index in [0.717, 1.165) is 23.7 Å². The second-order valence-corrected chi connectivity index (χ2v) is 5.64. The second-order valence-electron chi connectivity index (χ2n) is 5.20. The third kappa shape index (κ3) is 5.72. The van der Waals surface area contributed by atoms with Crippen molar-refractivity contribution < 1.29 is 4.74 Å². The Labute approximate surface area is 128 Å². The molecule has 1 N–H and O–H groups in total. The van der Waals surface area contributed by atoms with E-state index in [-0.39, 0.29) is 0 Å². The van der Waals surface area contributed by atoms with Gasteiger partial charge in [0.05, 0.1) is 7.11 Å². The van der Waals surface area contributed by atoms with Gasteiger partial charge in [0.2, 0.25) is 0 Å². The molecule has 1 aromatic carbocycles. The normalized spacial score (nSPS) is 12.4. The van der Waals surface area contributed by atoms with Crippen LogP contribution in [0.15, 0.2) is 18.2 Å². The van der Waals surface area contributed by atoms with Crippen LogP contribution in [-0.2, 0) is 0 Å². The number of hydrogen-bond donors (Lipinski definition) is 1. The standard InChI is InChI=1S/C17H28ClNO/c1-4-6-7-8-9-10-16(19-5-2)15-12-11-14(18)13-17(15)20-3/h11-13,16,19H,4-10H2,1-3H3. The van der Waals surface area contributed by atoms with Gasteiger partial charge in [-0.3, -0.25) is 0 Å². The summed E-state index contributed by atoms with van der Waals surface area (Å²) in [6, 6.07) is 6.29. The molecular formula is C17H28ClNO. The van der Waals surface area contributed by atoms with E-state index >= 15 is 0 Å². The molecule has 114 valence electrons. The van der Waals surface area contributed by atoms with Crippen molar-refractivity contribution in [3.63, 3.8) is 0 Å². The van der Waals surface area contributed by atoms with Crippen LogP contribution in [0.4, 0.5) is 0 Å². The first-order chi connectivity index (χ1) is 9.72. The summed E-state index contributed by atoms with van der Waals surface area (Å²) in [5.41, 5.74) is 1.22. The third-order valence-electron chi connectivity index (χ3n) is 3.62. The van der Waals surface area contributed by atoms with E-state index in [1.807, 2.05) is 12.1 Å². The van der Waals surface area contributed by atoms with Crippen molar-refractivity contribution in [1.82, 2.24) is 5.32 Å². The zero-order chi connectivity index (χ0) is 14.8. The molecule has 20 heavy (non-hydrogen) atoms. The maximum atomic E-state index is 6.04. The van der Waals surface area contributed by atoms with Crippen molar-refractivity contribution in [2.24, 2.45) is 0 Å². The van der Waals surface area contributed by atoms with Crippen LogP contribution >= 0.6 is 11.6 Å². The SMILES string of the molecule is CCCCCCCC(NCC)c1ccc(Cl)cc1OC. The number of hydrogen-bond acceptors (Lipinski definition) is 2. The van der Waals surface area contributed by atoms with Crippen molar-refractivity contribution in [1.29, 1.82) is 0 Å². The first-order valence-electron chi connectivity index (χ1n) is 7.79. The zero-order valence-electron chi connectivity index (χ0n) is 13.0. The predicted molar refractivity (Wildman–Crippen MR) is 87.8 cm³/mol. The van der Waals surface area contributed by atoms with E-state index in [2.05, 4.69) is 25.2 Å². The predicted octanol–water partition coefficient (Wildman–Crippen LogP) is 5.36. The number of nitrogens with one attached hydrogen (secondary N) is 1. The summed E-state index contributed by atoms with van der Waals surface area (Å²) < 4.78 is 5.47. The van der Waals surface area contributed by atoms with Gasteiger partial charge in [-0.1, -0.05) is 63.6 Å². The Bertz CT molecular complexity index is 381. The number of rotatable bonds is 10. The molecular weight excluding hydrogens is 270 g/mol. The van der Waals surface area contributed by atoms with E-state index in [1.54, 1.807) is 7.11 Å². The van der Waals surface area contributed by atoms with Gasteiger partial charge in [0, 0.05) is 16.6 Å². The molecule has 1 atom stereocenters. The number of methoxy groups -OCH3 is 1. The minimum absolute atomic E-state index is 0.355. The molecule has 0 fully saturated rings. The lowest BCUT2D eigenvalue weighted by Gasteiger charge is -2.21.